The Kier molecular flexibility index (Phi) is 8.63. The van der Waals surface area contributed by atoms with Crippen LogP contribution in [0.1, 0.15) is 20.3 Å². The molecule has 7 heteroatoms. The van der Waals surface area contributed by atoms with E-state index in [4.69, 9.17) is 10.5 Å². The summed E-state index contributed by atoms with van der Waals surface area (Å²) in [6.45, 7) is 3.69. The van der Waals surface area contributed by atoms with Gasteiger partial charge in [-0.25, -0.2) is 8.42 Å². The zero-order chi connectivity index (χ0) is 13.3. The molecule has 102 valence electrons. The molecule has 0 fully saturated rings. The molecule has 17 heavy (non-hydrogen) atoms. The van der Waals surface area contributed by atoms with Crippen molar-refractivity contribution in [3.63, 3.8) is 0 Å². The molecule has 0 heterocycles. The highest BCUT2D eigenvalue weighted by atomic mass is 32.2. The lowest BCUT2D eigenvalue weighted by Gasteiger charge is -2.09. The molecule has 0 aromatic carbocycles. The van der Waals surface area contributed by atoms with Gasteiger partial charge in [0.15, 0.2) is 0 Å². The standard InChI is InChI=1S/C10H21NO4S2/c1-3-15-10(12)9(11)8-16-6-5-7-17(13,14)4-2/h9H,3-8,11H2,1-2H3. The van der Waals surface area contributed by atoms with E-state index in [2.05, 4.69) is 0 Å². The first-order chi connectivity index (χ1) is 7.93. The SMILES string of the molecule is CCOC(=O)C(N)CSCCCS(=O)(=O)CC. The van der Waals surface area contributed by atoms with Crippen molar-refractivity contribution in [2.75, 3.05) is 29.6 Å². The highest BCUT2D eigenvalue weighted by Crippen LogP contribution is 2.06. The predicted molar refractivity (Wildman–Crippen MR) is 70.9 cm³/mol. The molecule has 0 rings (SSSR count). The summed E-state index contributed by atoms with van der Waals surface area (Å²) in [5.74, 6) is 1.13. The van der Waals surface area contributed by atoms with E-state index < -0.39 is 21.8 Å². The highest BCUT2D eigenvalue weighted by molar-refractivity contribution is 7.99. The normalized spacial score (nSPS) is 13.4. The summed E-state index contributed by atoms with van der Waals surface area (Å²) in [6.07, 6.45) is 0.594. The number of ether oxygens (including phenoxy) is 1. The van der Waals surface area contributed by atoms with Gasteiger partial charge in [-0.05, 0) is 19.1 Å². The van der Waals surface area contributed by atoms with Crippen LogP contribution < -0.4 is 5.73 Å². The van der Waals surface area contributed by atoms with E-state index in [0.717, 1.165) is 0 Å². The first kappa shape index (κ1) is 16.7. The molecule has 0 aromatic heterocycles. The summed E-state index contributed by atoms with van der Waals surface area (Å²) in [5, 5.41) is 0. The number of thioether (sulfide) groups is 1. The van der Waals surface area contributed by atoms with Gasteiger partial charge in [-0.1, -0.05) is 6.92 Å². The van der Waals surface area contributed by atoms with E-state index in [1.54, 1.807) is 13.8 Å². The number of hydrogen-bond donors (Lipinski definition) is 1. The van der Waals surface area contributed by atoms with Crippen LogP contribution >= 0.6 is 11.8 Å². The topological polar surface area (TPSA) is 86.5 Å². The fourth-order valence-electron chi connectivity index (χ4n) is 1.05. The van der Waals surface area contributed by atoms with Gasteiger partial charge in [0.2, 0.25) is 0 Å². The Morgan fingerprint density at radius 3 is 2.59 bits per heavy atom. The number of carbonyl (C=O) groups is 1. The van der Waals surface area contributed by atoms with Crippen molar-refractivity contribution in [3.8, 4) is 0 Å². The minimum absolute atomic E-state index is 0.181. The van der Waals surface area contributed by atoms with Crippen molar-refractivity contribution in [2.45, 2.75) is 26.3 Å². The molecule has 2 N–H and O–H groups in total. The Morgan fingerprint density at radius 2 is 2.06 bits per heavy atom. The number of rotatable bonds is 9. The lowest BCUT2D eigenvalue weighted by atomic mass is 10.4. The number of esters is 1. The van der Waals surface area contributed by atoms with Crippen LogP contribution in [0, 0.1) is 0 Å². The van der Waals surface area contributed by atoms with Crippen molar-refractivity contribution in [1.82, 2.24) is 0 Å². The van der Waals surface area contributed by atoms with Crippen LogP contribution in [-0.2, 0) is 19.4 Å². The van der Waals surface area contributed by atoms with E-state index in [1.807, 2.05) is 0 Å². The number of hydrogen-bond acceptors (Lipinski definition) is 6. The van der Waals surface area contributed by atoms with Gasteiger partial charge in [0, 0.05) is 11.5 Å². The van der Waals surface area contributed by atoms with E-state index in [1.165, 1.54) is 11.8 Å². The maximum Gasteiger partial charge on any atom is 0.323 e. The molecule has 0 saturated carbocycles. The summed E-state index contributed by atoms with van der Waals surface area (Å²) >= 11 is 1.48. The molecule has 0 bridgehead atoms. The zero-order valence-corrected chi connectivity index (χ0v) is 12.0. The van der Waals surface area contributed by atoms with E-state index in [-0.39, 0.29) is 11.5 Å². The molecule has 5 nitrogen and oxygen atoms in total. The lowest BCUT2D eigenvalue weighted by Crippen LogP contribution is -2.34. The largest absolute Gasteiger partial charge is 0.465 e. The third kappa shape index (κ3) is 8.45. The molecule has 0 aromatic rings. The summed E-state index contributed by atoms with van der Waals surface area (Å²) in [4.78, 5) is 11.2. The van der Waals surface area contributed by atoms with Crippen molar-refractivity contribution in [3.05, 3.63) is 0 Å². The third-order valence-electron chi connectivity index (χ3n) is 2.07. The van der Waals surface area contributed by atoms with Gasteiger partial charge >= 0.3 is 5.97 Å². The Balaban J connectivity index is 3.62. The van der Waals surface area contributed by atoms with Crippen LogP contribution in [0.4, 0.5) is 0 Å². The van der Waals surface area contributed by atoms with Gasteiger partial charge in [-0.3, -0.25) is 4.79 Å². The Morgan fingerprint density at radius 1 is 1.41 bits per heavy atom. The highest BCUT2D eigenvalue weighted by Gasteiger charge is 2.14. The molecule has 0 aliphatic rings. The van der Waals surface area contributed by atoms with Crippen LogP contribution in [-0.4, -0.2) is 50.0 Å². The Labute approximate surface area is 107 Å². The van der Waals surface area contributed by atoms with Gasteiger partial charge in [-0.2, -0.15) is 11.8 Å². The average molecular weight is 283 g/mol. The third-order valence-corrected chi connectivity index (χ3v) is 5.03. The van der Waals surface area contributed by atoms with Crippen molar-refractivity contribution < 1.29 is 17.9 Å². The molecular formula is C10H21NO4S2. The maximum absolute atomic E-state index is 11.2. The number of carbonyl (C=O) groups excluding carboxylic acids is 1. The molecule has 0 saturated heterocycles. The van der Waals surface area contributed by atoms with E-state index in [0.29, 0.717) is 24.5 Å². The van der Waals surface area contributed by atoms with Gasteiger partial charge in [0.25, 0.3) is 0 Å². The Bertz CT molecular complexity index is 316. The first-order valence-corrected chi connectivity index (χ1v) is 8.61. The van der Waals surface area contributed by atoms with E-state index in [9.17, 15) is 13.2 Å². The van der Waals surface area contributed by atoms with Crippen molar-refractivity contribution >= 4 is 27.6 Å². The lowest BCUT2D eigenvalue weighted by molar-refractivity contribution is -0.144. The molecule has 1 atom stereocenters. The van der Waals surface area contributed by atoms with E-state index >= 15 is 0 Å². The van der Waals surface area contributed by atoms with Crippen LogP contribution in [0.5, 0.6) is 0 Å². The van der Waals surface area contributed by atoms with Crippen LogP contribution in [0.3, 0.4) is 0 Å². The average Bonchev–Trinajstić information content (AvgIpc) is 2.28. The second-order valence-electron chi connectivity index (χ2n) is 3.52. The number of nitrogens with two attached hydrogens (primary N) is 1. The monoisotopic (exact) mass is 283 g/mol. The molecule has 0 aliphatic carbocycles. The van der Waals surface area contributed by atoms with Crippen LogP contribution in [0.2, 0.25) is 0 Å². The quantitative estimate of drug-likeness (QED) is 0.488. The molecule has 0 spiro atoms. The van der Waals surface area contributed by atoms with Gasteiger partial charge in [-0.15, -0.1) is 0 Å². The first-order valence-electron chi connectivity index (χ1n) is 5.63. The summed E-state index contributed by atoms with van der Waals surface area (Å²) in [5.41, 5.74) is 5.58. The zero-order valence-electron chi connectivity index (χ0n) is 10.3. The predicted octanol–water partition coefficient (Wildman–Crippen LogP) is 0.435. The molecular weight excluding hydrogens is 262 g/mol. The van der Waals surface area contributed by atoms with Crippen molar-refractivity contribution in [1.29, 1.82) is 0 Å². The van der Waals surface area contributed by atoms with Crippen LogP contribution in [0.15, 0.2) is 0 Å². The number of sulfone groups is 1. The fraction of sp³-hybridized carbons (Fsp3) is 0.900. The van der Waals surface area contributed by atoms with Gasteiger partial charge in [0.1, 0.15) is 15.9 Å². The van der Waals surface area contributed by atoms with Gasteiger partial charge in [0.05, 0.1) is 12.4 Å². The molecule has 1 unspecified atom stereocenters. The minimum Gasteiger partial charge on any atom is -0.465 e. The van der Waals surface area contributed by atoms with Crippen molar-refractivity contribution in [2.24, 2.45) is 5.73 Å². The second-order valence-corrected chi connectivity index (χ2v) is 7.15. The second kappa shape index (κ2) is 8.77. The summed E-state index contributed by atoms with van der Waals surface area (Å²) in [6, 6.07) is -0.622. The fourth-order valence-corrected chi connectivity index (χ4v) is 3.01. The summed E-state index contributed by atoms with van der Waals surface area (Å²) < 4.78 is 27.1. The maximum atomic E-state index is 11.2. The summed E-state index contributed by atoms with van der Waals surface area (Å²) in [7, 11) is -2.88. The van der Waals surface area contributed by atoms with Gasteiger partial charge < -0.3 is 10.5 Å². The minimum atomic E-state index is -2.88. The molecule has 0 aliphatic heterocycles. The van der Waals surface area contributed by atoms with Crippen LogP contribution in [0.25, 0.3) is 0 Å². The Hall–Kier alpha value is -0.270. The smallest absolute Gasteiger partial charge is 0.323 e. The molecule has 0 radical (unpaired) electrons. The molecule has 0 amide bonds.